The minimum Gasteiger partial charge on any atom is -0.449 e. The van der Waals surface area contributed by atoms with E-state index in [1.165, 1.54) is 10.9 Å². The fourth-order valence-corrected chi connectivity index (χ4v) is 3.52. The molecule has 1 aliphatic rings. The van der Waals surface area contributed by atoms with Gasteiger partial charge in [0.15, 0.2) is 5.75 Å². The summed E-state index contributed by atoms with van der Waals surface area (Å²) >= 11 is 0. The van der Waals surface area contributed by atoms with Crippen molar-refractivity contribution in [3.8, 4) is 5.75 Å². The lowest BCUT2D eigenvalue weighted by molar-refractivity contribution is -0.124. The van der Waals surface area contributed by atoms with Crippen molar-refractivity contribution in [3.05, 3.63) is 12.3 Å². The molecule has 7 heteroatoms. The molecule has 156 valence electrons. The van der Waals surface area contributed by atoms with E-state index in [0.29, 0.717) is 11.8 Å². The minimum atomic E-state index is -1.42. The molecule has 1 saturated carbocycles. The van der Waals surface area contributed by atoms with Crippen LogP contribution in [0.1, 0.15) is 66.7 Å². The largest absolute Gasteiger partial charge is 0.511 e. The van der Waals surface area contributed by atoms with Crippen LogP contribution in [0.25, 0.3) is 6.20 Å². The highest BCUT2D eigenvalue weighted by atomic mass is 16.7. The van der Waals surface area contributed by atoms with Gasteiger partial charge < -0.3 is 9.84 Å². The standard InChI is InChI=1S/C21H33N3O4/c1-14(2)7-6-12-23-13-18(28-21(26)27)19(22-23)24(15(3)4)20(25)17-10-8-16(5)9-11-17/h6,12-17H,7-11H2,1-5H3,(H,26,27)/b12-6+/t16-,17-. The molecule has 0 aromatic carbocycles. The van der Waals surface area contributed by atoms with Crippen LogP contribution in [0.15, 0.2) is 12.3 Å². The maximum absolute atomic E-state index is 13.3. The lowest BCUT2D eigenvalue weighted by Crippen LogP contribution is -2.42. The molecule has 1 aromatic rings. The first-order valence-corrected chi connectivity index (χ1v) is 10.2. The highest BCUT2D eigenvalue weighted by Crippen LogP contribution is 2.34. The zero-order valence-corrected chi connectivity index (χ0v) is 17.6. The molecule has 1 fully saturated rings. The Morgan fingerprint density at radius 2 is 1.93 bits per heavy atom. The molecule has 2 rings (SSSR count). The van der Waals surface area contributed by atoms with Gasteiger partial charge in [0, 0.05) is 18.2 Å². The predicted molar refractivity (Wildman–Crippen MR) is 109 cm³/mol. The number of anilines is 1. The third-order valence-electron chi connectivity index (χ3n) is 5.09. The van der Waals surface area contributed by atoms with E-state index in [1.54, 1.807) is 11.1 Å². The van der Waals surface area contributed by atoms with Crippen LogP contribution < -0.4 is 9.64 Å². The predicted octanol–water partition coefficient (Wildman–Crippen LogP) is 5.02. The van der Waals surface area contributed by atoms with Gasteiger partial charge in [0.1, 0.15) is 0 Å². The summed E-state index contributed by atoms with van der Waals surface area (Å²) in [5.74, 6) is 1.42. The summed E-state index contributed by atoms with van der Waals surface area (Å²) in [5, 5.41) is 13.6. The quantitative estimate of drug-likeness (QED) is 0.659. The molecular weight excluding hydrogens is 358 g/mol. The second kappa shape index (κ2) is 9.75. The summed E-state index contributed by atoms with van der Waals surface area (Å²) in [5.41, 5.74) is 0. The zero-order chi connectivity index (χ0) is 20.8. The van der Waals surface area contributed by atoms with Gasteiger partial charge in [0.05, 0.1) is 6.20 Å². The maximum Gasteiger partial charge on any atom is 0.511 e. The number of rotatable bonds is 7. The van der Waals surface area contributed by atoms with Crippen LogP contribution in [0.4, 0.5) is 10.6 Å². The van der Waals surface area contributed by atoms with Gasteiger partial charge in [-0.3, -0.25) is 9.69 Å². The first-order chi connectivity index (χ1) is 13.2. The number of carbonyl (C=O) groups excluding carboxylic acids is 1. The van der Waals surface area contributed by atoms with Gasteiger partial charge in [0.2, 0.25) is 11.7 Å². The van der Waals surface area contributed by atoms with Gasteiger partial charge >= 0.3 is 6.16 Å². The van der Waals surface area contributed by atoms with E-state index in [2.05, 4.69) is 25.9 Å². The third kappa shape index (κ3) is 5.84. The molecular formula is C21H33N3O4. The number of aromatic nitrogens is 2. The molecule has 1 heterocycles. The Labute approximate surface area is 167 Å². The highest BCUT2D eigenvalue weighted by Gasteiger charge is 2.33. The Kier molecular flexibility index (Phi) is 7.66. The lowest BCUT2D eigenvalue weighted by atomic mass is 9.82. The maximum atomic E-state index is 13.3. The van der Waals surface area contributed by atoms with E-state index in [4.69, 9.17) is 9.84 Å². The molecule has 7 nitrogen and oxygen atoms in total. The third-order valence-corrected chi connectivity index (χ3v) is 5.09. The molecule has 1 N–H and O–H groups in total. The topological polar surface area (TPSA) is 84.7 Å². The lowest BCUT2D eigenvalue weighted by Gasteiger charge is -2.32. The summed E-state index contributed by atoms with van der Waals surface area (Å²) in [6.45, 7) is 10.2. The van der Waals surface area contributed by atoms with E-state index < -0.39 is 6.16 Å². The number of hydrogen-bond donors (Lipinski definition) is 1. The fraction of sp³-hybridized carbons (Fsp3) is 0.667. The summed E-state index contributed by atoms with van der Waals surface area (Å²) in [7, 11) is 0. The number of carbonyl (C=O) groups is 2. The average molecular weight is 392 g/mol. The Morgan fingerprint density at radius 1 is 1.29 bits per heavy atom. The van der Waals surface area contributed by atoms with Gasteiger partial charge in [-0.2, -0.15) is 0 Å². The van der Waals surface area contributed by atoms with Crippen molar-refractivity contribution in [2.45, 2.75) is 72.8 Å². The molecule has 1 amide bonds. The van der Waals surface area contributed by atoms with Crippen molar-refractivity contribution >= 4 is 24.1 Å². The van der Waals surface area contributed by atoms with Crippen molar-refractivity contribution in [3.63, 3.8) is 0 Å². The number of amides is 1. The molecule has 0 spiro atoms. The molecule has 1 aromatic heterocycles. The molecule has 0 saturated heterocycles. The second-order valence-corrected chi connectivity index (χ2v) is 8.44. The summed E-state index contributed by atoms with van der Waals surface area (Å²) in [6, 6.07) is -0.161. The van der Waals surface area contributed by atoms with Gasteiger partial charge in [-0.05, 0) is 57.8 Å². The second-order valence-electron chi connectivity index (χ2n) is 8.44. The summed E-state index contributed by atoms with van der Waals surface area (Å²) < 4.78 is 6.46. The average Bonchev–Trinajstić information content (AvgIpc) is 2.96. The smallest absolute Gasteiger partial charge is 0.449 e. The number of carboxylic acid groups (broad SMARTS) is 1. The van der Waals surface area contributed by atoms with Crippen LogP contribution in [0.2, 0.25) is 0 Å². The van der Waals surface area contributed by atoms with Crippen molar-refractivity contribution < 1.29 is 19.4 Å². The van der Waals surface area contributed by atoms with E-state index in [0.717, 1.165) is 32.1 Å². The van der Waals surface area contributed by atoms with E-state index >= 15 is 0 Å². The number of hydrogen-bond acceptors (Lipinski definition) is 4. The van der Waals surface area contributed by atoms with Crippen LogP contribution in [-0.4, -0.2) is 33.0 Å². The minimum absolute atomic E-state index is 0.00597. The fourth-order valence-electron chi connectivity index (χ4n) is 3.52. The van der Waals surface area contributed by atoms with Gasteiger partial charge in [0.25, 0.3) is 0 Å². The molecule has 0 atom stereocenters. The first kappa shape index (κ1) is 22.0. The SMILES string of the molecule is CC(C)C/C=C/n1cc(OC(=O)O)c(N(C(=O)[C@H]2CC[C@H](C)CC2)C(C)C)n1. The molecule has 1 aliphatic carbocycles. The summed E-state index contributed by atoms with van der Waals surface area (Å²) in [6.07, 6.45) is 8.47. The molecule has 28 heavy (non-hydrogen) atoms. The van der Waals surface area contributed by atoms with Gasteiger partial charge in [-0.25, -0.2) is 9.48 Å². The van der Waals surface area contributed by atoms with Crippen LogP contribution in [-0.2, 0) is 4.79 Å². The first-order valence-electron chi connectivity index (χ1n) is 10.2. The Hall–Kier alpha value is -2.31. The van der Waals surface area contributed by atoms with Crippen molar-refractivity contribution in [1.82, 2.24) is 9.78 Å². The molecule has 0 unspecified atom stereocenters. The Balaban J connectivity index is 2.32. The van der Waals surface area contributed by atoms with Gasteiger partial charge in [-0.15, -0.1) is 5.10 Å². The molecule has 0 bridgehead atoms. The highest BCUT2D eigenvalue weighted by molar-refractivity contribution is 5.96. The van der Waals surface area contributed by atoms with Crippen LogP contribution in [0.3, 0.4) is 0 Å². The Morgan fingerprint density at radius 3 is 2.46 bits per heavy atom. The van der Waals surface area contributed by atoms with E-state index in [-0.39, 0.29) is 29.4 Å². The number of nitrogens with zero attached hydrogens (tertiary/aromatic N) is 3. The van der Waals surface area contributed by atoms with E-state index in [1.807, 2.05) is 19.9 Å². The zero-order valence-electron chi connectivity index (χ0n) is 17.6. The number of allylic oxidation sites excluding steroid dienone is 1. The van der Waals surface area contributed by atoms with E-state index in [9.17, 15) is 9.59 Å². The normalized spacial score (nSPS) is 20.1. The van der Waals surface area contributed by atoms with Crippen molar-refractivity contribution in [1.29, 1.82) is 0 Å². The van der Waals surface area contributed by atoms with Crippen LogP contribution in [0, 0.1) is 17.8 Å². The molecule has 0 radical (unpaired) electrons. The van der Waals surface area contributed by atoms with Gasteiger partial charge in [-0.1, -0.05) is 26.8 Å². The monoisotopic (exact) mass is 391 g/mol. The van der Waals surface area contributed by atoms with Crippen LogP contribution >= 0.6 is 0 Å². The van der Waals surface area contributed by atoms with Crippen molar-refractivity contribution in [2.24, 2.45) is 17.8 Å². The molecule has 0 aliphatic heterocycles. The Bertz CT molecular complexity index is 701. The summed E-state index contributed by atoms with van der Waals surface area (Å²) in [4.78, 5) is 26.0. The number of ether oxygens (including phenoxy) is 1. The van der Waals surface area contributed by atoms with Crippen LogP contribution in [0.5, 0.6) is 5.75 Å². The van der Waals surface area contributed by atoms with Crippen molar-refractivity contribution in [2.75, 3.05) is 4.90 Å².